The molecule has 26 heavy (non-hydrogen) atoms. The number of methoxy groups -OCH3 is 1. The van der Waals surface area contributed by atoms with E-state index in [1.807, 2.05) is 0 Å². The lowest BCUT2D eigenvalue weighted by molar-refractivity contribution is -0.138. The number of carbonyl (C=O) groups excluding carboxylic acids is 1. The SMILES string of the molecule is COC(=O)CN(c1nc2nc(C)cc(C)n2n1)S(=O)(=O)c1ccccc1. The molecule has 0 bridgehead atoms. The Kier molecular flexibility index (Phi) is 4.60. The molecule has 0 spiro atoms. The van der Waals surface area contributed by atoms with E-state index in [4.69, 9.17) is 0 Å². The Bertz CT molecular complexity index is 1060. The lowest BCUT2D eigenvalue weighted by atomic mass is 10.4. The molecule has 0 atom stereocenters. The largest absolute Gasteiger partial charge is 0.468 e. The van der Waals surface area contributed by atoms with Crippen LogP contribution in [-0.2, 0) is 19.6 Å². The first-order valence-corrected chi connectivity index (χ1v) is 9.12. The molecule has 0 aliphatic rings. The van der Waals surface area contributed by atoms with Crippen LogP contribution in [0.3, 0.4) is 0 Å². The van der Waals surface area contributed by atoms with Crippen LogP contribution >= 0.6 is 0 Å². The standard InChI is InChI=1S/C16H17N5O4S/c1-11-9-12(2)21-15(17-11)18-16(19-21)20(10-14(22)25-3)26(23,24)13-7-5-4-6-8-13/h4-9H,10H2,1-3H3. The van der Waals surface area contributed by atoms with Crippen LogP contribution in [0.5, 0.6) is 0 Å². The molecule has 9 nitrogen and oxygen atoms in total. The minimum absolute atomic E-state index is 0.0172. The molecule has 0 N–H and O–H groups in total. The van der Waals surface area contributed by atoms with Gasteiger partial charge in [-0.3, -0.25) is 4.79 Å². The number of aromatic nitrogens is 4. The highest BCUT2D eigenvalue weighted by Gasteiger charge is 2.31. The molecule has 0 radical (unpaired) electrons. The third kappa shape index (κ3) is 3.23. The topological polar surface area (TPSA) is 107 Å². The van der Waals surface area contributed by atoms with Gasteiger partial charge in [0, 0.05) is 11.4 Å². The van der Waals surface area contributed by atoms with Gasteiger partial charge in [0.1, 0.15) is 6.54 Å². The summed E-state index contributed by atoms with van der Waals surface area (Å²) in [7, 11) is -2.88. The molecule has 0 saturated heterocycles. The molecule has 0 saturated carbocycles. The molecule has 0 aliphatic heterocycles. The third-order valence-electron chi connectivity index (χ3n) is 3.66. The summed E-state index contributed by atoms with van der Waals surface area (Å²) in [4.78, 5) is 20.3. The summed E-state index contributed by atoms with van der Waals surface area (Å²) in [6.45, 7) is 3.05. The number of ether oxygens (including phenoxy) is 1. The number of benzene rings is 1. The average molecular weight is 375 g/mol. The zero-order valence-corrected chi connectivity index (χ0v) is 15.3. The van der Waals surface area contributed by atoms with Crippen molar-refractivity contribution in [1.29, 1.82) is 0 Å². The van der Waals surface area contributed by atoms with Crippen LogP contribution in [0.25, 0.3) is 5.78 Å². The predicted octanol–water partition coefficient (Wildman–Crippen LogP) is 1.11. The molecular weight excluding hydrogens is 358 g/mol. The van der Waals surface area contributed by atoms with Crippen molar-refractivity contribution in [3.05, 3.63) is 47.8 Å². The van der Waals surface area contributed by atoms with Crippen LogP contribution in [0, 0.1) is 13.8 Å². The molecule has 2 heterocycles. The number of carbonyl (C=O) groups is 1. The summed E-state index contributed by atoms with van der Waals surface area (Å²) in [5.41, 5.74) is 1.46. The third-order valence-corrected chi connectivity index (χ3v) is 5.40. The maximum atomic E-state index is 13.0. The summed E-state index contributed by atoms with van der Waals surface area (Å²) < 4.78 is 32.9. The fraction of sp³-hybridized carbons (Fsp3) is 0.250. The van der Waals surface area contributed by atoms with E-state index < -0.39 is 22.5 Å². The van der Waals surface area contributed by atoms with E-state index in [-0.39, 0.29) is 16.6 Å². The second-order valence-corrected chi connectivity index (χ2v) is 7.43. The number of sulfonamides is 1. The Balaban J connectivity index is 2.16. The minimum atomic E-state index is -4.06. The Morgan fingerprint density at radius 3 is 2.54 bits per heavy atom. The molecule has 0 aliphatic carbocycles. The van der Waals surface area contributed by atoms with Gasteiger partial charge in [-0.1, -0.05) is 18.2 Å². The van der Waals surface area contributed by atoms with Crippen LogP contribution in [0.15, 0.2) is 41.3 Å². The van der Waals surface area contributed by atoms with Crippen molar-refractivity contribution in [2.24, 2.45) is 0 Å². The highest BCUT2D eigenvalue weighted by Crippen LogP contribution is 2.21. The second kappa shape index (κ2) is 6.71. The Morgan fingerprint density at radius 2 is 1.88 bits per heavy atom. The first-order chi connectivity index (χ1) is 12.3. The van der Waals surface area contributed by atoms with Gasteiger partial charge < -0.3 is 4.74 Å². The van der Waals surface area contributed by atoms with Crippen molar-refractivity contribution in [2.75, 3.05) is 18.0 Å². The maximum Gasteiger partial charge on any atom is 0.326 e. The van der Waals surface area contributed by atoms with Gasteiger partial charge in [0.2, 0.25) is 0 Å². The molecule has 3 rings (SSSR count). The number of esters is 1. The van der Waals surface area contributed by atoms with Crippen molar-refractivity contribution >= 4 is 27.7 Å². The van der Waals surface area contributed by atoms with Crippen molar-refractivity contribution in [2.45, 2.75) is 18.7 Å². The molecule has 10 heteroatoms. The van der Waals surface area contributed by atoms with E-state index in [0.717, 1.165) is 15.7 Å². The molecule has 136 valence electrons. The number of nitrogens with zero attached hydrogens (tertiary/aromatic N) is 5. The highest BCUT2D eigenvalue weighted by atomic mass is 32.2. The quantitative estimate of drug-likeness (QED) is 0.615. The molecule has 2 aromatic heterocycles. The van der Waals surface area contributed by atoms with Gasteiger partial charge in [0.05, 0.1) is 12.0 Å². The number of anilines is 1. The summed E-state index contributed by atoms with van der Waals surface area (Å²) in [5, 5.41) is 4.21. The van der Waals surface area contributed by atoms with E-state index >= 15 is 0 Å². The molecule has 0 unspecified atom stereocenters. The normalized spacial score (nSPS) is 11.5. The highest BCUT2D eigenvalue weighted by molar-refractivity contribution is 7.92. The minimum Gasteiger partial charge on any atom is -0.468 e. The smallest absolute Gasteiger partial charge is 0.326 e. The number of hydrogen-bond donors (Lipinski definition) is 0. The summed E-state index contributed by atoms with van der Waals surface area (Å²) in [6.07, 6.45) is 0. The zero-order valence-electron chi connectivity index (χ0n) is 14.4. The lowest BCUT2D eigenvalue weighted by Gasteiger charge is -2.19. The van der Waals surface area contributed by atoms with Crippen LogP contribution in [0.1, 0.15) is 11.4 Å². The van der Waals surface area contributed by atoms with Crippen LogP contribution in [0.4, 0.5) is 5.95 Å². The molecular formula is C16H17N5O4S. The predicted molar refractivity (Wildman–Crippen MR) is 93.2 cm³/mol. The number of aryl methyl sites for hydroxylation is 2. The van der Waals surface area contributed by atoms with Crippen molar-refractivity contribution < 1.29 is 17.9 Å². The van der Waals surface area contributed by atoms with Gasteiger partial charge in [-0.2, -0.15) is 9.50 Å². The van der Waals surface area contributed by atoms with E-state index in [0.29, 0.717) is 0 Å². The van der Waals surface area contributed by atoms with Crippen LogP contribution in [0.2, 0.25) is 0 Å². The van der Waals surface area contributed by atoms with Crippen molar-refractivity contribution in [3.63, 3.8) is 0 Å². The van der Waals surface area contributed by atoms with Gasteiger partial charge in [0.25, 0.3) is 21.7 Å². The van der Waals surface area contributed by atoms with Gasteiger partial charge >= 0.3 is 5.97 Å². The first kappa shape index (κ1) is 17.8. The number of hydrogen-bond acceptors (Lipinski definition) is 7. The molecule has 1 aromatic carbocycles. The average Bonchev–Trinajstić information content (AvgIpc) is 3.03. The van der Waals surface area contributed by atoms with E-state index in [1.54, 1.807) is 38.1 Å². The van der Waals surface area contributed by atoms with E-state index in [9.17, 15) is 13.2 Å². The van der Waals surface area contributed by atoms with Gasteiger partial charge in [-0.15, -0.1) is 5.10 Å². The van der Waals surface area contributed by atoms with Crippen LogP contribution in [-0.4, -0.2) is 47.6 Å². The number of rotatable bonds is 5. The number of fused-ring (bicyclic) bond motifs is 1. The van der Waals surface area contributed by atoms with Gasteiger partial charge in [-0.25, -0.2) is 17.7 Å². The maximum absolute atomic E-state index is 13.0. The van der Waals surface area contributed by atoms with E-state index in [2.05, 4.69) is 19.8 Å². The Hall–Kier alpha value is -3.01. The molecule has 0 amide bonds. The lowest BCUT2D eigenvalue weighted by Crippen LogP contribution is -2.37. The molecule has 3 aromatic rings. The summed E-state index contributed by atoms with van der Waals surface area (Å²) in [6, 6.07) is 9.54. The summed E-state index contributed by atoms with van der Waals surface area (Å²) >= 11 is 0. The molecule has 0 fully saturated rings. The van der Waals surface area contributed by atoms with Gasteiger partial charge in [0.15, 0.2) is 0 Å². The zero-order chi connectivity index (χ0) is 18.9. The Labute approximate surface area is 150 Å². The van der Waals surface area contributed by atoms with Crippen molar-refractivity contribution in [1.82, 2.24) is 19.6 Å². The second-order valence-electron chi connectivity index (χ2n) is 5.56. The monoisotopic (exact) mass is 375 g/mol. The fourth-order valence-electron chi connectivity index (χ4n) is 2.43. The van der Waals surface area contributed by atoms with Gasteiger partial charge in [-0.05, 0) is 32.0 Å². The van der Waals surface area contributed by atoms with Crippen LogP contribution < -0.4 is 4.31 Å². The summed E-state index contributed by atoms with van der Waals surface area (Å²) in [5.74, 6) is -0.639. The van der Waals surface area contributed by atoms with Crippen molar-refractivity contribution in [3.8, 4) is 0 Å². The fourth-order valence-corrected chi connectivity index (χ4v) is 3.75. The first-order valence-electron chi connectivity index (χ1n) is 7.68. The Morgan fingerprint density at radius 1 is 1.19 bits per heavy atom. The van der Waals surface area contributed by atoms with E-state index in [1.165, 1.54) is 23.8 Å².